The fourth-order valence-electron chi connectivity index (χ4n) is 1.26. The highest BCUT2D eigenvalue weighted by Gasteiger charge is 2.04. The molecule has 5 heteroatoms. The van der Waals surface area contributed by atoms with E-state index in [1.165, 1.54) is 0 Å². The molecular weight excluding hydrogens is 284 g/mol. The number of carbonyl (C=O) groups is 1. The summed E-state index contributed by atoms with van der Waals surface area (Å²) < 4.78 is 6.18. The van der Waals surface area contributed by atoms with Crippen LogP contribution >= 0.6 is 15.9 Å². The third-order valence-corrected chi connectivity index (χ3v) is 2.80. The van der Waals surface area contributed by atoms with Crippen LogP contribution in [-0.4, -0.2) is 16.3 Å². The number of aromatic nitrogens is 2. The largest absolute Gasteiger partial charge is 0.424 e. The number of aryl methyl sites for hydroxylation is 1. The zero-order chi connectivity index (χ0) is 12.3. The number of hydrogen-bond donors (Lipinski definition) is 0. The molecule has 0 fully saturated rings. The standard InChI is InChI=1S/C12H9BrN2O2/c1-8-4-5-14-12(15-8)17-10-2-3-11(13)9(6-10)7-16/h2-7H,1H3. The van der Waals surface area contributed by atoms with Crippen LogP contribution in [0.1, 0.15) is 16.1 Å². The molecule has 2 aromatic rings. The van der Waals surface area contributed by atoms with Gasteiger partial charge in [0.1, 0.15) is 5.75 Å². The molecule has 0 aliphatic rings. The number of rotatable bonds is 3. The quantitative estimate of drug-likeness (QED) is 0.816. The van der Waals surface area contributed by atoms with Crippen LogP contribution in [0.5, 0.6) is 11.8 Å². The molecule has 0 amide bonds. The highest BCUT2D eigenvalue weighted by Crippen LogP contribution is 2.23. The number of nitrogens with zero attached hydrogens (tertiary/aromatic N) is 2. The van der Waals surface area contributed by atoms with Gasteiger partial charge in [0.05, 0.1) is 0 Å². The molecule has 0 N–H and O–H groups in total. The second kappa shape index (κ2) is 5.05. The molecule has 0 bridgehead atoms. The number of ether oxygens (including phenoxy) is 1. The number of halogens is 1. The van der Waals surface area contributed by atoms with Crippen LogP contribution in [0.2, 0.25) is 0 Å². The van der Waals surface area contributed by atoms with E-state index in [0.29, 0.717) is 11.3 Å². The molecule has 0 unspecified atom stereocenters. The summed E-state index contributed by atoms with van der Waals surface area (Å²) in [5.74, 6) is 0.529. The third kappa shape index (κ3) is 2.88. The van der Waals surface area contributed by atoms with Crippen molar-refractivity contribution in [2.45, 2.75) is 6.92 Å². The van der Waals surface area contributed by atoms with Gasteiger partial charge in [-0.15, -0.1) is 0 Å². The number of benzene rings is 1. The maximum Gasteiger partial charge on any atom is 0.322 e. The number of carbonyl (C=O) groups excluding carboxylic acids is 1. The highest BCUT2D eigenvalue weighted by atomic mass is 79.9. The van der Waals surface area contributed by atoms with Gasteiger partial charge >= 0.3 is 6.01 Å². The second-order valence-electron chi connectivity index (χ2n) is 3.38. The fraction of sp³-hybridized carbons (Fsp3) is 0.0833. The molecule has 2 rings (SSSR count). The first-order valence-electron chi connectivity index (χ1n) is 4.91. The monoisotopic (exact) mass is 292 g/mol. The lowest BCUT2D eigenvalue weighted by molar-refractivity contribution is 0.112. The van der Waals surface area contributed by atoms with Gasteiger partial charge in [0.25, 0.3) is 0 Å². The Labute approximate surface area is 107 Å². The van der Waals surface area contributed by atoms with Crippen molar-refractivity contribution in [2.24, 2.45) is 0 Å². The van der Waals surface area contributed by atoms with E-state index >= 15 is 0 Å². The van der Waals surface area contributed by atoms with E-state index in [1.807, 2.05) is 6.92 Å². The van der Waals surface area contributed by atoms with Gasteiger partial charge in [-0.2, -0.15) is 0 Å². The van der Waals surface area contributed by atoms with E-state index < -0.39 is 0 Å². The van der Waals surface area contributed by atoms with Gasteiger partial charge in [-0.25, -0.2) is 9.97 Å². The Hall–Kier alpha value is -1.75. The van der Waals surface area contributed by atoms with Gasteiger partial charge in [0.15, 0.2) is 6.29 Å². The molecule has 1 aromatic heterocycles. The van der Waals surface area contributed by atoms with Crippen LogP contribution in [0.25, 0.3) is 0 Å². The topological polar surface area (TPSA) is 52.1 Å². The van der Waals surface area contributed by atoms with Crippen molar-refractivity contribution in [1.29, 1.82) is 0 Å². The maximum atomic E-state index is 10.8. The Morgan fingerprint density at radius 3 is 2.88 bits per heavy atom. The van der Waals surface area contributed by atoms with Crippen LogP contribution in [0.3, 0.4) is 0 Å². The lowest BCUT2D eigenvalue weighted by Gasteiger charge is -2.05. The molecule has 86 valence electrons. The Morgan fingerprint density at radius 2 is 2.18 bits per heavy atom. The summed E-state index contributed by atoms with van der Waals surface area (Å²) in [6, 6.07) is 7.16. The van der Waals surface area contributed by atoms with Gasteiger partial charge in [-0.05, 0) is 31.2 Å². The summed E-state index contributed by atoms with van der Waals surface area (Å²) in [6.07, 6.45) is 2.38. The zero-order valence-electron chi connectivity index (χ0n) is 9.05. The summed E-state index contributed by atoms with van der Waals surface area (Å²) in [7, 11) is 0. The zero-order valence-corrected chi connectivity index (χ0v) is 10.6. The summed E-state index contributed by atoms with van der Waals surface area (Å²) >= 11 is 3.27. The Kier molecular flexibility index (Phi) is 3.49. The van der Waals surface area contributed by atoms with E-state index in [0.717, 1.165) is 16.5 Å². The Morgan fingerprint density at radius 1 is 1.35 bits per heavy atom. The van der Waals surface area contributed by atoms with Crippen molar-refractivity contribution in [3.05, 3.63) is 46.2 Å². The normalized spacial score (nSPS) is 10.0. The molecule has 4 nitrogen and oxygen atoms in total. The second-order valence-corrected chi connectivity index (χ2v) is 4.24. The third-order valence-electron chi connectivity index (χ3n) is 2.08. The minimum Gasteiger partial charge on any atom is -0.424 e. The van der Waals surface area contributed by atoms with E-state index in [2.05, 4.69) is 25.9 Å². The SMILES string of the molecule is Cc1ccnc(Oc2ccc(Br)c(C=O)c2)n1. The van der Waals surface area contributed by atoms with Crippen LogP contribution in [0, 0.1) is 6.92 Å². The van der Waals surface area contributed by atoms with Crippen molar-refractivity contribution in [2.75, 3.05) is 0 Å². The van der Waals surface area contributed by atoms with Gasteiger partial charge in [-0.3, -0.25) is 4.79 Å². The minimum absolute atomic E-state index is 0.268. The Balaban J connectivity index is 2.27. The van der Waals surface area contributed by atoms with Crippen LogP contribution < -0.4 is 4.74 Å². The molecule has 0 saturated carbocycles. The molecule has 17 heavy (non-hydrogen) atoms. The highest BCUT2D eigenvalue weighted by molar-refractivity contribution is 9.10. The molecule has 1 heterocycles. The van der Waals surface area contributed by atoms with Crippen molar-refractivity contribution >= 4 is 22.2 Å². The van der Waals surface area contributed by atoms with Gasteiger partial charge < -0.3 is 4.74 Å². The van der Waals surface area contributed by atoms with Crippen LogP contribution in [0.4, 0.5) is 0 Å². The maximum absolute atomic E-state index is 10.8. The first-order chi connectivity index (χ1) is 8.19. The predicted molar refractivity (Wildman–Crippen MR) is 66.4 cm³/mol. The lowest BCUT2D eigenvalue weighted by Crippen LogP contribution is -1.93. The molecular formula is C12H9BrN2O2. The van der Waals surface area contributed by atoms with E-state index in [4.69, 9.17) is 4.74 Å². The molecule has 0 spiro atoms. The molecule has 0 saturated heterocycles. The average Bonchev–Trinajstić information content (AvgIpc) is 2.32. The molecule has 0 atom stereocenters. The Bertz CT molecular complexity index is 558. The smallest absolute Gasteiger partial charge is 0.322 e. The van der Waals surface area contributed by atoms with E-state index in [1.54, 1.807) is 30.5 Å². The summed E-state index contributed by atoms with van der Waals surface area (Å²) in [6.45, 7) is 1.85. The minimum atomic E-state index is 0.268. The van der Waals surface area contributed by atoms with Crippen LogP contribution in [-0.2, 0) is 0 Å². The first kappa shape index (κ1) is 11.7. The lowest BCUT2D eigenvalue weighted by atomic mass is 10.2. The summed E-state index contributed by atoms with van der Waals surface area (Å²) in [4.78, 5) is 18.9. The van der Waals surface area contributed by atoms with Crippen molar-refractivity contribution in [1.82, 2.24) is 9.97 Å². The number of aldehydes is 1. The van der Waals surface area contributed by atoms with Crippen molar-refractivity contribution in [3.8, 4) is 11.8 Å². The number of hydrogen-bond acceptors (Lipinski definition) is 4. The fourth-order valence-corrected chi connectivity index (χ4v) is 1.60. The molecule has 1 aromatic carbocycles. The predicted octanol–water partition coefficient (Wildman–Crippen LogP) is 3.15. The molecule has 0 aliphatic heterocycles. The summed E-state index contributed by atoms with van der Waals surface area (Å²) in [5, 5.41) is 0. The van der Waals surface area contributed by atoms with E-state index in [-0.39, 0.29) is 6.01 Å². The first-order valence-corrected chi connectivity index (χ1v) is 5.70. The molecule has 0 radical (unpaired) electrons. The average molecular weight is 293 g/mol. The molecule has 0 aliphatic carbocycles. The van der Waals surface area contributed by atoms with Crippen LogP contribution in [0.15, 0.2) is 34.9 Å². The van der Waals surface area contributed by atoms with E-state index in [9.17, 15) is 4.79 Å². The van der Waals surface area contributed by atoms with Gasteiger partial charge in [0, 0.05) is 21.9 Å². The van der Waals surface area contributed by atoms with Crippen molar-refractivity contribution < 1.29 is 9.53 Å². The van der Waals surface area contributed by atoms with Gasteiger partial charge in [-0.1, -0.05) is 15.9 Å². The summed E-state index contributed by atoms with van der Waals surface area (Å²) in [5.41, 5.74) is 1.35. The van der Waals surface area contributed by atoms with Gasteiger partial charge in [0.2, 0.25) is 0 Å². The van der Waals surface area contributed by atoms with Crippen molar-refractivity contribution in [3.63, 3.8) is 0 Å².